The van der Waals surface area contributed by atoms with Gasteiger partial charge in [-0.25, -0.2) is 0 Å². The van der Waals surface area contributed by atoms with Gasteiger partial charge in [0.2, 0.25) is 0 Å². The van der Waals surface area contributed by atoms with E-state index in [4.69, 9.17) is 10.5 Å². The molecular formula is C15H22N2O. The Balaban J connectivity index is 1.71. The first-order chi connectivity index (χ1) is 8.86. The number of rotatable bonds is 5. The normalized spacial score (nSPS) is 23.3. The molecule has 1 atom stereocenters. The quantitative estimate of drug-likeness (QED) is 0.866. The molecule has 1 aromatic rings. The predicted octanol–water partition coefficient (Wildman–Crippen LogP) is 2.29. The van der Waals surface area contributed by atoms with Gasteiger partial charge in [0.1, 0.15) is 0 Å². The summed E-state index contributed by atoms with van der Waals surface area (Å²) in [5.41, 5.74) is 8.17. The second-order valence-corrected chi connectivity index (χ2v) is 5.39. The third-order valence-electron chi connectivity index (χ3n) is 3.92. The largest absolute Gasteiger partial charge is 0.376 e. The Bertz CT molecular complexity index is 380. The van der Waals surface area contributed by atoms with E-state index in [9.17, 15) is 0 Å². The standard InChI is InChI=1S/C15H22N2O/c16-10-12-3-5-13(6-4-12)17(14-7-8-14)11-15-2-1-9-18-15/h3-6,14-15H,1-2,7-11,16H2. The highest BCUT2D eigenvalue weighted by Crippen LogP contribution is 2.33. The van der Waals surface area contributed by atoms with Crippen LogP contribution in [0.5, 0.6) is 0 Å². The maximum Gasteiger partial charge on any atom is 0.0750 e. The lowest BCUT2D eigenvalue weighted by Crippen LogP contribution is -2.34. The van der Waals surface area contributed by atoms with Crippen LogP contribution in [0.25, 0.3) is 0 Å². The van der Waals surface area contributed by atoms with Gasteiger partial charge in [0.25, 0.3) is 0 Å². The van der Waals surface area contributed by atoms with Crippen LogP contribution in [-0.4, -0.2) is 25.3 Å². The van der Waals surface area contributed by atoms with E-state index in [1.54, 1.807) is 0 Å². The van der Waals surface area contributed by atoms with Crippen molar-refractivity contribution in [1.82, 2.24) is 0 Å². The van der Waals surface area contributed by atoms with Gasteiger partial charge in [-0.3, -0.25) is 0 Å². The first-order valence-corrected chi connectivity index (χ1v) is 7.04. The number of benzene rings is 1. The number of anilines is 1. The third kappa shape index (κ3) is 2.68. The van der Waals surface area contributed by atoms with Crippen molar-refractivity contribution in [3.05, 3.63) is 29.8 Å². The van der Waals surface area contributed by atoms with Crippen LogP contribution in [-0.2, 0) is 11.3 Å². The highest BCUT2D eigenvalue weighted by atomic mass is 16.5. The van der Waals surface area contributed by atoms with Crippen molar-refractivity contribution in [2.75, 3.05) is 18.1 Å². The molecule has 1 aliphatic heterocycles. The summed E-state index contributed by atoms with van der Waals surface area (Å²) in [5, 5.41) is 0. The van der Waals surface area contributed by atoms with Crippen LogP contribution in [0.2, 0.25) is 0 Å². The van der Waals surface area contributed by atoms with Crippen molar-refractivity contribution in [2.45, 2.75) is 44.4 Å². The van der Waals surface area contributed by atoms with Crippen molar-refractivity contribution in [3.8, 4) is 0 Å². The minimum atomic E-state index is 0.430. The van der Waals surface area contributed by atoms with E-state index in [0.29, 0.717) is 12.6 Å². The molecule has 0 spiro atoms. The molecule has 2 fully saturated rings. The molecule has 3 nitrogen and oxygen atoms in total. The molecule has 98 valence electrons. The van der Waals surface area contributed by atoms with E-state index in [2.05, 4.69) is 29.2 Å². The van der Waals surface area contributed by atoms with Gasteiger partial charge in [-0.05, 0) is 43.4 Å². The van der Waals surface area contributed by atoms with Crippen molar-refractivity contribution >= 4 is 5.69 Å². The summed E-state index contributed by atoms with van der Waals surface area (Å²) in [6.45, 7) is 2.61. The number of hydrogen-bond acceptors (Lipinski definition) is 3. The number of ether oxygens (including phenoxy) is 1. The molecule has 3 heteroatoms. The maximum atomic E-state index is 5.77. The summed E-state index contributed by atoms with van der Waals surface area (Å²) >= 11 is 0. The molecule has 2 N–H and O–H groups in total. The fraction of sp³-hybridized carbons (Fsp3) is 0.600. The van der Waals surface area contributed by atoms with Crippen molar-refractivity contribution < 1.29 is 4.74 Å². The SMILES string of the molecule is NCc1ccc(N(CC2CCCO2)C2CC2)cc1. The van der Waals surface area contributed by atoms with Crippen LogP contribution in [0.3, 0.4) is 0 Å². The Morgan fingerprint density at radius 3 is 2.50 bits per heavy atom. The maximum absolute atomic E-state index is 5.77. The highest BCUT2D eigenvalue weighted by molar-refractivity contribution is 5.50. The van der Waals surface area contributed by atoms with Gasteiger partial charge in [-0.2, -0.15) is 0 Å². The predicted molar refractivity (Wildman–Crippen MR) is 73.7 cm³/mol. The van der Waals surface area contributed by atoms with Crippen LogP contribution in [0.1, 0.15) is 31.2 Å². The Labute approximate surface area is 109 Å². The van der Waals surface area contributed by atoms with Crippen LogP contribution >= 0.6 is 0 Å². The Hall–Kier alpha value is -1.06. The Morgan fingerprint density at radius 2 is 1.94 bits per heavy atom. The molecule has 18 heavy (non-hydrogen) atoms. The van der Waals surface area contributed by atoms with Crippen LogP contribution in [0.4, 0.5) is 5.69 Å². The van der Waals surface area contributed by atoms with Crippen LogP contribution in [0.15, 0.2) is 24.3 Å². The number of nitrogens with zero attached hydrogens (tertiary/aromatic N) is 1. The van der Waals surface area contributed by atoms with E-state index in [1.165, 1.54) is 36.9 Å². The summed E-state index contributed by atoms with van der Waals surface area (Å²) in [7, 11) is 0. The fourth-order valence-electron chi connectivity index (χ4n) is 2.68. The highest BCUT2D eigenvalue weighted by Gasteiger charge is 2.31. The molecule has 0 bridgehead atoms. The first-order valence-electron chi connectivity index (χ1n) is 7.04. The van der Waals surface area contributed by atoms with E-state index in [1.807, 2.05) is 0 Å². The molecule has 1 heterocycles. The van der Waals surface area contributed by atoms with E-state index in [0.717, 1.165) is 19.2 Å². The van der Waals surface area contributed by atoms with Crippen molar-refractivity contribution in [1.29, 1.82) is 0 Å². The molecule has 1 saturated carbocycles. The average Bonchev–Trinajstić information content (AvgIpc) is 3.13. The zero-order valence-electron chi connectivity index (χ0n) is 10.8. The molecule has 1 saturated heterocycles. The van der Waals surface area contributed by atoms with Gasteiger partial charge in [-0.1, -0.05) is 12.1 Å². The molecule has 1 aromatic carbocycles. The Morgan fingerprint density at radius 1 is 1.17 bits per heavy atom. The van der Waals surface area contributed by atoms with Gasteiger partial charge in [0.15, 0.2) is 0 Å². The smallest absolute Gasteiger partial charge is 0.0750 e. The minimum absolute atomic E-state index is 0.430. The third-order valence-corrected chi connectivity index (χ3v) is 3.92. The molecule has 1 unspecified atom stereocenters. The molecule has 0 radical (unpaired) electrons. The average molecular weight is 246 g/mol. The van der Waals surface area contributed by atoms with Gasteiger partial charge < -0.3 is 15.4 Å². The summed E-state index contributed by atoms with van der Waals surface area (Å²) in [6, 6.07) is 9.42. The lowest BCUT2D eigenvalue weighted by atomic mass is 10.1. The molecule has 2 aliphatic rings. The zero-order chi connectivity index (χ0) is 12.4. The Kier molecular flexibility index (Phi) is 3.52. The van der Waals surface area contributed by atoms with E-state index in [-0.39, 0.29) is 0 Å². The van der Waals surface area contributed by atoms with Gasteiger partial charge in [-0.15, -0.1) is 0 Å². The first kappa shape index (κ1) is 12.0. The van der Waals surface area contributed by atoms with Crippen molar-refractivity contribution in [3.63, 3.8) is 0 Å². The zero-order valence-corrected chi connectivity index (χ0v) is 10.8. The molecule has 3 rings (SSSR count). The molecule has 0 aromatic heterocycles. The van der Waals surface area contributed by atoms with Gasteiger partial charge in [0.05, 0.1) is 6.10 Å². The fourth-order valence-corrected chi connectivity index (χ4v) is 2.68. The second kappa shape index (κ2) is 5.29. The van der Waals surface area contributed by atoms with Crippen LogP contribution in [0, 0.1) is 0 Å². The van der Waals surface area contributed by atoms with Gasteiger partial charge in [0, 0.05) is 31.4 Å². The summed E-state index contributed by atoms with van der Waals surface area (Å²) in [4.78, 5) is 2.52. The van der Waals surface area contributed by atoms with Crippen LogP contribution < -0.4 is 10.6 Å². The van der Waals surface area contributed by atoms with Gasteiger partial charge >= 0.3 is 0 Å². The second-order valence-electron chi connectivity index (χ2n) is 5.39. The van der Waals surface area contributed by atoms with E-state index >= 15 is 0 Å². The molecule has 1 aliphatic carbocycles. The molecule has 0 amide bonds. The lowest BCUT2D eigenvalue weighted by molar-refractivity contribution is 0.115. The number of hydrogen-bond donors (Lipinski definition) is 1. The number of nitrogens with two attached hydrogens (primary N) is 1. The summed E-state index contributed by atoms with van der Waals surface area (Å²) in [6.07, 6.45) is 5.51. The summed E-state index contributed by atoms with van der Waals surface area (Å²) < 4.78 is 5.77. The van der Waals surface area contributed by atoms with E-state index < -0.39 is 0 Å². The monoisotopic (exact) mass is 246 g/mol. The van der Waals surface area contributed by atoms with Crippen molar-refractivity contribution in [2.24, 2.45) is 5.73 Å². The molecular weight excluding hydrogens is 224 g/mol. The lowest BCUT2D eigenvalue weighted by Gasteiger charge is -2.27. The summed E-state index contributed by atoms with van der Waals surface area (Å²) in [5.74, 6) is 0. The topological polar surface area (TPSA) is 38.5 Å². The minimum Gasteiger partial charge on any atom is -0.376 e.